The second kappa shape index (κ2) is 10.0. The van der Waals surface area contributed by atoms with E-state index in [0.717, 1.165) is 0 Å². The Morgan fingerprint density at radius 3 is 2.09 bits per heavy atom. The average Bonchev–Trinajstić information content (AvgIpc) is 2.46. The summed E-state index contributed by atoms with van der Waals surface area (Å²) in [6.45, 7) is 1.23. The lowest BCUT2D eigenvalue weighted by atomic mass is 10.1. The summed E-state index contributed by atoms with van der Waals surface area (Å²) in [5.74, 6) is -4.33. The predicted molar refractivity (Wildman–Crippen MR) is 81.9 cm³/mol. The smallest absolute Gasteiger partial charge is 0.326 e. The first-order chi connectivity index (χ1) is 10.6. The predicted octanol–water partition coefficient (Wildman–Crippen LogP) is -2.46. The number of nitrogens with two attached hydrogens (primary N) is 1. The molecule has 0 aliphatic carbocycles. The van der Waals surface area contributed by atoms with Crippen LogP contribution in [0.5, 0.6) is 0 Å². The molecule has 0 aromatic heterocycles. The van der Waals surface area contributed by atoms with E-state index in [4.69, 9.17) is 15.9 Å². The first-order valence-electron chi connectivity index (χ1n) is 6.70. The monoisotopic (exact) mass is 351 g/mol. The van der Waals surface area contributed by atoms with Crippen molar-refractivity contribution in [3.8, 4) is 0 Å². The second-order valence-electron chi connectivity index (χ2n) is 4.85. The third-order valence-electron chi connectivity index (χ3n) is 2.86. The van der Waals surface area contributed by atoms with E-state index in [2.05, 4.69) is 23.3 Å². The van der Waals surface area contributed by atoms with Gasteiger partial charge in [0.1, 0.15) is 12.1 Å². The molecule has 0 fully saturated rings. The molecular weight excluding hydrogens is 330 g/mol. The van der Waals surface area contributed by atoms with E-state index in [1.807, 2.05) is 0 Å². The largest absolute Gasteiger partial charge is 0.481 e. The summed E-state index contributed by atoms with van der Waals surface area (Å²) in [5.41, 5.74) is 5.43. The van der Waals surface area contributed by atoms with Crippen molar-refractivity contribution in [2.75, 3.05) is 5.75 Å². The molecule has 0 spiro atoms. The highest BCUT2D eigenvalue weighted by Gasteiger charge is 2.30. The zero-order valence-corrected chi connectivity index (χ0v) is 13.3. The molecule has 0 saturated heterocycles. The van der Waals surface area contributed by atoms with Crippen LogP contribution in [0, 0.1) is 0 Å². The van der Waals surface area contributed by atoms with Crippen molar-refractivity contribution in [3.63, 3.8) is 0 Å². The van der Waals surface area contributed by atoms with E-state index in [1.54, 1.807) is 0 Å². The lowest BCUT2D eigenvalue weighted by Crippen LogP contribution is -2.58. The molecule has 0 aromatic rings. The van der Waals surface area contributed by atoms with Gasteiger partial charge in [-0.3, -0.25) is 14.4 Å². The molecule has 0 rings (SSSR count). The SMILES string of the molecule is C[C@@H](O)[C@H](NC(=O)[C@@H](N)CS)C(=O)N[C@@H](CCC(=O)O)C(=O)O. The van der Waals surface area contributed by atoms with Gasteiger partial charge in [0.15, 0.2) is 0 Å². The van der Waals surface area contributed by atoms with Crippen LogP contribution < -0.4 is 16.4 Å². The first-order valence-corrected chi connectivity index (χ1v) is 7.33. The number of carbonyl (C=O) groups excluding carboxylic acids is 2. The van der Waals surface area contributed by atoms with Crippen molar-refractivity contribution in [2.24, 2.45) is 5.73 Å². The van der Waals surface area contributed by atoms with E-state index in [0.29, 0.717) is 0 Å². The molecule has 0 saturated carbocycles. The van der Waals surface area contributed by atoms with Gasteiger partial charge in [-0.15, -0.1) is 0 Å². The number of rotatable bonds is 10. The minimum absolute atomic E-state index is 0.0103. The Kier molecular flexibility index (Phi) is 9.22. The number of nitrogens with one attached hydrogen (secondary N) is 2. The van der Waals surface area contributed by atoms with Crippen LogP contribution in [0.3, 0.4) is 0 Å². The van der Waals surface area contributed by atoms with Gasteiger partial charge in [-0.2, -0.15) is 12.6 Å². The number of hydrogen-bond acceptors (Lipinski definition) is 7. The minimum atomic E-state index is -1.46. The third kappa shape index (κ3) is 7.81. The average molecular weight is 351 g/mol. The molecule has 10 nitrogen and oxygen atoms in total. The molecule has 0 aliphatic heterocycles. The topological polar surface area (TPSA) is 179 Å². The lowest BCUT2D eigenvalue weighted by molar-refractivity contribution is -0.144. The van der Waals surface area contributed by atoms with E-state index in [1.165, 1.54) is 6.92 Å². The van der Waals surface area contributed by atoms with Crippen LogP contribution in [0.15, 0.2) is 0 Å². The molecule has 0 unspecified atom stereocenters. The molecule has 0 aliphatic rings. The maximum atomic E-state index is 12.0. The Balaban J connectivity index is 4.91. The molecule has 7 N–H and O–H groups in total. The Morgan fingerprint density at radius 2 is 1.70 bits per heavy atom. The van der Waals surface area contributed by atoms with Gasteiger partial charge >= 0.3 is 11.9 Å². The number of carboxylic acids is 2. The highest BCUT2D eigenvalue weighted by Crippen LogP contribution is 2.01. The Morgan fingerprint density at radius 1 is 1.13 bits per heavy atom. The number of carboxylic acid groups (broad SMARTS) is 2. The normalized spacial score (nSPS) is 15.8. The number of carbonyl (C=O) groups is 4. The number of thiol groups is 1. The fraction of sp³-hybridized carbons (Fsp3) is 0.667. The summed E-state index contributed by atoms with van der Waals surface area (Å²) >= 11 is 3.83. The number of aliphatic hydroxyl groups excluding tert-OH is 1. The first kappa shape index (κ1) is 21.1. The van der Waals surface area contributed by atoms with Gasteiger partial charge in [-0.1, -0.05) is 0 Å². The fourth-order valence-corrected chi connectivity index (χ4v) is 1.70. The molecule has 0 radical (unpaired) electrons. The lowest BCUT2D eigenvalue weighted by Gasteiger charge is -2.24. The van der Waals surface area contributed by atoms with Gasteiger partial charge in [0.05, 0.1) is 12.1 Å². The van der Waals surface area contributed by atoms with E-state index in [-0.39, 0.29) is 12.2 Å². The zero-order valence-electron chi connectivity index (χ0n) is 12.4. The second-order valence-corrected chi connectivity index (χ2v) is 5.21. The number of hydrogen-bond donors (Lipinski definition) is 7. The summed E-state index contributed by atoms with van der Waals surface area (Å²) in [6, 6.07) is -3.90. The van der Waals surface area contributed by atoms with Crippen LogP contribution in [0.25, 0.3) is 0 Å². The Labute approximate surface area is 137 Å². The highest BCUT2D eigenvalue weighted by molar-refractivity contribution is 7.80. The van der Waals surface area contributed by atoms with Crippen LogP contribution in [0.4, 0.5) is 0 Å². The third-order valence-corrected chi connectivity index (χ3v) is 3.25. The van der Waals surface area contributed by atoms with Gasteiger partial charge in [0.25, 0.3) is 0 Å². The molecule has 0 heterocycles. The number of aliphatic hydroxyl groups is 1. The molecule has 2 amide bonds. The van der Waals surface area contributed by atoms with Crippen molar-refractivity contribution in [1.82, 2.24) is 10.6 Å². The molecule has 23 heavy (non-hydrogen) atoms. The van der Waals surface area contributed by atoms with Gasteiger partial charge < -0.3 is 31.7 Å². The standard InChI is InChI=1S/C12H21N3O7S/c1-5(16)9(15-10(19)6(13)4-23)11(20)14-7(12(21)22)2-3-8(17)18/h5-7,9,16,23H,2-4,13H2,1H3,(H,14,20)(H,15,19)(H,17,18)(H,21,22)/t5-,6+,7+,9+/m1/s1. The van der Waals surface area contributed by atoms with Crippen molar-refractivity contribution in [3.05, 3.63) is 0 Å². The number of amides is 2. The van der Waals surface area contributed by atoms with Crippen LogP contribution in [0.2, 0.25) is 0 Å². The summed E-state index contributed by atoms with van der Waals surface area (Å²) in [6.07, 6.45) is -2.12. The highest BCUT2D eigenvalue weighted by atomic mass is 32.1. The summed E-state index contributed by atoms with van der Waals surface area (Å²) in [4.78, 5) is 45.2. The van der Waals surface area contributed by atoms with Crippen molar-refractivity contribution < 1.29 is 34.5 Å². The van der Waals surface area contributed by atoms with Crippen LogP contribution in [-0.4, -0.2) is 69.1 Å². The van der Waals surface area contributed by atoms with Gasteiger partial charge in [0, 0.05) is 12.2 Å². The van der Waals surface area contributed by atoms with Gasteiger partial charge in [-0.25, -0.2) is 4.79 Å². The maximum Gasteiger partial charge on any atom is 0.326 e. The molecule has 11 heteroatoms. The van der Waals surface area contributed by atoms with Crippen molar-refractivity contribution in [1.29, 1.82) is 0 Å². The fourth-order valence-electron chi connectivity index (χ4n) is 1.54. The van der Waals surface area contributed by atoms with Crippen LogP contribution in [-0.2, 0) is 19.2 Å². The van der Waals surface area contributed by atoms with E-state index in [9.17, 15) is 24.3 Å². The minimum Gasteiger partial charge on any atom is -0.481 e. The zero-order chi connectivity index (χ0) is 18.2. The molecule has 0 aromatic carbocycles. The van der Waals surface area contributed by atoms with Gasteiger partial charge in [-0.05, 0) is 13.3 Å². The van der Waals surface area contributed by atoms with Crippen molar-refractivity contribution in [2.45, 2.75) is 44.0 Å². The maximum absolute atomic E-state index is 12.0. The molecular formula is C12H21N3O7S. The Hall–Kier alpha value is -1.85. The van der Waals surface area contributed by atoms with E-state index >= 15 is 0 Å². The van der Waals surface area contributed by atoms with Crippen molar-refractivity contribution >= 4 is 36.4 Å². The summed E-state index contributed by atoms with van der Waals surface area (Å²) in [5, 5.41) is 31.4. The quantitative estimate of drug-likeness (QED) is 0.212. The molecule has 132 valence electrons. The molecule has 4 atom stereocenters. The van der Waals surface area contributed by atoms with Crippen LogP contribution in [0.1, 0.15) is 19.8 Å². The Bertz CT molecular complexity index is 458. The summed E-state index contributed by atoms with van der Waals surface area (Å²) in [7, 11) is 0. The number of aliphatic carboxylic acids is 2. The van der Waals surface area contributed by atoms with Crippen LogP contribution >= 0.6 is 12.6 Å². The molecule has 0 bridgehead atoms. The van der Waals surface area contributed by atoms with E-state index < -0.39 is 54.4 Å². The van der Waals surface area contributed by atoms with Gasteiger partial charge in [0.2, 0.25) is 11.8 Å². The summed E-state index contributed by atoms with van der Waals surface area (Å²) < 4.78 is 0.